The average molecular weight is 297 g/mol. The minimum atomic E-state index is -0.831. The molecule has 1 saturated heterocycles. The molecule has 1 aromatic rings. The number of carbonyl (C=O) groups is 1. The van der Waals surface area contributed by atoms with Crippen molar-refractivity contribution in [2.24, 2.45) is 0 Å². The van der Waals surface area contributed by atoms with Gasteiger partial charge in [0.25, 0.3) is 12.5 Å². The summed E-state index contributed by atoms with van der Waals surface area (Å²) in [6.45, 7) is 0.206. The average Bonchev–Trinajstić information content (AvgIpc) is 2.41. The maximum absolute atomic E-state index is 13.9. The van der Waals surface area contributed by atoms with E-state index >= 15 is 0 Å². The maximum Gasteiger partial charge on any atom is 0.296 e. The molecular weight excluding hydrogens is 281 g/mol. The highest BCUT2D eigenvalue weighted by Crippen LogP contribution is 2.26. The van der Waals surface area contributed by atoms with Crippen LogP contribution in [0.3, 0.4) is 0 Å². The van der Waals surface area contributed by atoms with E-state index in [-0.39, 0.29) is 6.10 Å². The normalized spacial score (nSPS) is 15.8. The van der Waals surface area contributed by atoms with E-state index in [0.717, 1.165) is 0 Å². The first-order valence-electron chi connectivity index (χ1n) is 6.60. The van der Waals surface area contributed by atoms with Gasteiger partial charge < -0.3 is 15.3 Å². The summed E-state index contributed by atoms with van der Waals surface area (Å²) in [5, 5.41) is 22.1. The van der Waals surface area contributed by atoms with Crippen molar-refractivity contribution in [1.29, 1.82) is 0 Å². The van der Waals surface area contributed by atoms with Crippen LogP contribution < -0.4 is 10.2 Å². The van der Waals surface area contributed by atoms with Crippen molar-refractivity contribution in [2.45, 2.75) is 18.9 Å². The molecule has 0 spiro atoms. The molecule has 0 radical (unpaired) electrons. The Bertz CT molecular complexity index is 544. The van der Waals surface area contributed by atoms with Crippen LogP contribution in [0.15, 0.2) is 18.2 Å². The van der Waals surface area contributed by atoms with Gasteiger partial charge in [0.05, 0.1) is 11.8 Å². The van der Waals surface area contributed by atoms with Gasteiger partial charge in [0.15, 0.2) is 0 Å². The number of piperidine rings is 1. The third-order valence-electron chi connectivity index (χ3n) is 3.31. The molecule has 1 aliphatic rings. The smallest absolute Gasteiger partial charge is 0.296 e. The molecule has 2 N–H and O–H groups in total. The first-order chi connectivity index (χ1) is 9.95. The predicted molar refractivity (Wildman–Crippen MR) is 74.3 cm³/mol. The maximum atomic E-state index is 13.9. The van der Waals surface area contributed by atoms with Gasteiger partial charge in [-0.3, -0.25) is 14.9 Å². The van der Waals surface area contributed by atoms with Crippen molar-refractivity contribution in [3.63, 3.8) is 0 Å². The fourth-order valence-corrected chi connectivity index (χ4v) is 2.26. The zero-order valence-corrected chi connectivity index (χ0v) is 11.3. The number of nitrogens with zero attached hydrogens (tertiary/aromatic N) is 2. The topological polar surface area (TPSA) is 95.7 Å². The largest absolute Gasteiger partial charge is 0.393 e. The van der Waals surface area contributed by atoms with Gasteiger partial charge in [0, 0.05) is 23.7 Å². The quantitative estimate of drug-likeness (QED) is 0.638. The van der Waals surface area contributed by atoms with Gasteiger partial charge in [-0.05, 0) is 31.0 Å². The second-order valence-corrected chi connectivity index (χ2v) is 4.92. The lowest BCUT2D eigenvalue weighted by molar-refractivity contribution is -0.467. The Labute approximate surface area is 120 Å². The summed E-state index contributed by atoms with van der Waals surface area (Å²) in [5.41, 5.74) is 0.630. The number of hydrogen-bond donors (Lipinski definition) is 2. The Morgan fingerprint density at radius 1 is 1.48 bits per heavy atom. The molecule has 2 rings (SSSR count). The number of halogens is 1. The van der Waals surface area contributed by atoms with Crippen molar-refractivity contribution in [3.05, 3.63) is 34.1 Å². The Balaban J connectivity index is 2.10. The number of anilines is 2. The molecule has 1 fully saturated rings. The number of rotatable bonds is 4. The second-order valence-electron chi connectivity index (χ2n) is 4.92. The first-order valence-corrected chi connectivity index (χ1v) is 6.60. The van der Waals surface area contributed by atoms with Crippen LogP contribution in [-0.2, 0) is 4.79 Å². The van der Waals surface area contributed by atoms with E-state index < -0.39 is 23.2 Å². The van der Waals surface area contributed by atoms with Crippen LogP contribution in [0.4, 0.5) is 15.8 Å². The Morgan fingerprint density at radius 3 is 2.76 bits per heavy atom. The summed E-state index contributed by atoms with van der Waals surface area (Å²) < 4.78 is 13.9. The van der Waals surface area contributed by atoms with Crippen LogP contribution in [0.5, 0.6) is 0 Å². The molecule has 0 saturated carbocycles. The van der Waals surface area contributed by atoms with E-state index in [2.05, 4.69) is 5.32 Å². The number of benzene rings is 1. The van der Waals surface area contributed by atoms with Crippen LogP contribution in [0, 0.1) is 15.9 Å². The molecule has 0 aliphatic carbocycles. The van der Waals surface area contributed by atoms with Crippen LogP contribution in [0.1, 0.15) is 12.8 Å². The zero-order chi connectivity index (χ0) is 15.4. The molecule has 0 aromatic heterocycles. The van der Waals surface area contributed by atoms with Crippen LogP contribution in [0.2, 0.25) is 0 Å². The minimum Gasteiger partial charge on any atom is -0.393 e. The van der Waals surface area contributed by atoms with Crippen molar-refractivity contribution in [3.8, 4) is 0 Å². The number of nitrogens with one attached hydrogen (secondary N) is 1. The summed E-state index contributed by atoms with van der Waals surface area (Å²) in [6, 6.07) is 4.02. The van der Waals surface area contributed by atoms with Gasteiger partial charge in [-0.2, -0.15) is 0 Å². The Hall–Kier alpha value is -2.22. The van der Waals surface area contributed by atoms with Crippen LogP contribution >= 0.6 is 0 Å². The molecular formula is C13H16FN3O4. The minimum absolute atomic E-state index is 0.310. The van der Waals surface area contributed by atoms with Crippen LogP contribution in [-0.4, -0.2) is 41.7 Å². The third kappa shape index (κ3) is 4.12. The molecule has 7 nitrogen and oxygen atoms in total. The highest BCUT2D eigenvalue weighted by atomic mass is 19.1. The molecule has 114 valence electrons. The molecule has 0 bridgehead atoms. The Kier molecular flexibility index (Phi) is 4.69. The van der Waals surface area contributed by atoms with Crippen molar-refractivity contribution in [2.75, 3.05) is 29.9 Å². The summed E-state index contributed by atoms with van der Waals surface area (Å²) in [4.78, 5) is 22.6. The highest BCUT2D eigenvalue weighted by molar-refractivity contribution is 5.92. The van der Waals surface area contributed by atoms with Gasteiger partial charge in [0.1, 0.15) is 5.82 Å². The van der Waals surface area contributed by atoms with Crippen molar-refractivity contribution < 1.29 is 19.2 Å². The SMILES string of the molecule is O=C(C[N+](=O)[O-])Nc1ccc(F)c(N2CCC(O)CC2)c1. The van der Waals surface area contributed by atoms with Gasteiger partial charge in [0.2, 0.25) is 0 Å². The standard InChI is InChI=1S/C13H16FN3O4/c14-11-2-1-9(15-13(19)8-17(20)21)7-12(11)16-5-3-10(18)4-6-16/h1-2,7,10,18H,3-6,8H2,(H,15,19). The lowest BCUT2D eigenvalue weighted by atomic mass is 10.1. The number of amides is 1. The fraction of sp³-hybridized carbons (Fsp3) is 0.462. The predicted octanol–water partition coefficient (Wildman–Crippen LogP) is 1.00. The van der Waals surface area contributed by atoms with E-state index in [1.54, 1.807) is 4.90 Å². The number of nitro groups is 1. The molecule has 21 heavy (non-hydrogen) atoms. The van der Waals surface area contributed by atoms with Gasteiger partial charge >= 0.3 is 0 Å². The fourth-order valence-electron chi connectivity index (χ4n) is 2.26. The first kappa shape index (κ1) is 15.2. The molecule has 1 heterocycles. The van der Waals surface area contributed by atoms with E-state index in [1.807, 2.05) is 0 Å². The van der Waals surface area contributed by atoms with Gasteiger partial charge in [-0.25, -0.2) is 4.39 Å². The zero-order valence-electron chi connectivity index (χ0n) is 11.3. The molecule has 0 atom stereocenters. The molecule has 1 amide bonds. The highest BCUT2D eigenvalue weighted by Gasteiger charge is 2.20. The third-order valence-corrected chi connectivity index (χ3v) is 3.31. The van der Waals surface area contributed by atoms with Crippen LogP contribution in [0.25, 0.3) is 0 Å². The molecule has 0 unspecified atom stereocenters. The summed E-state index contributed by atoms with van der Waals surface area (Å²) >= 11 is 0. The van der Waals surface area contributed by atoms with Gasteiger partial charge in [-0.15, -0.1) is 0 Å². The van der Waals surface area contributed by atoms with Crippen molar-refractivity contribution in [1.82, 2.24) is 0 Å². The number of aliphatic hydroxyl groups is 1. The molecule has 1 aromatic carbocycles. The lowest BCUT2D eigenvalue weighted by Gasteiger charge is -2.31. The van der Waals surface area contributed by atoms with E-state index in [9.17, 15) is 24.4 Å². The summed E-state index contributed by atoms with van der Waals surface area (Å²) in [6.07, 6.45) is 0.738. The summed E-state index contributed by atoms with van der Waals surface area (Å²) in [5.74, 6) is -1.19. The Morgan fingerprint density at radius 2 is 2.14 bits per heavy atom. The number of hydrogen-bond acceptors (Lipinski definition) is 5. The summed E-state index contributed by atoms with van der Waals surface area (Å²) in [7, 11) is 0. The van der Waals surface area contributed by atoms with E-state index in [4.69, 9.17) is 0 Å². The van der Waals surface area contributed by atoms with Crippen molar-refractivity contribution >= 4 is 17.3 Å². The molecule has 1 aliphatic heterocycles. The monoisotopic (exact) mass is 297 g/mol. The van der Waals surface area contributed by atoms with Gasteiger partial charge in [-0.1, -0.05) is 0 Å². The number of aliphatic hydroxyl groups excluding tert-OH is 1. The second kappa shape index (κ2) is 6.49. The lowest BCUT2D eigenvalue weighted by Crippen LogP contribution is -2.36. The van der Waals surface area contributed by atoms with E-state index in [1.165, 1.54) is 18.2 Å². The van der Waals surface area contributed by atoms with E-state index in [0.29, 0.717) is 37.3 Å². The number of carbonyl (C=O) groups excluding carboxylic acids is 1. The molecule has 8 heteroatoms.